The summed E-state index contributed by atoms with van der Waals surface area (Å²) in [5.74, 6) is -1.11. The highest BCUT2D eigenvalue weighted by Gasteiger charge is 2.44. The highest BCUT2D eigenvalue weighted by Crippen LogP contribution is 2.44. The molecule has 3 heterocycles. The molecule has 10 nitrogen and oxygen atoms in total. The van der Waals surface area contributed by atoms with E-state index >= 15 is 0 Å². The molecule has 1 aliphatic heterocycles. The molecule has 2 aromatic carbocycles. The van der Waals surface area contributed by atoms with E-state index in [-0.39, 0.29) is 51.1 Å². The first-order valence-corrected chi connectivity index (χ1v) is 11.7. The summed E-state index contributed by atoms with van der Waals surface area (Å²) in [6.45, 7) is -0.639. The van der Waals surface area contributed by atoms with Crippen molar-refractivity contribution >= 4 is 22.6 Å². The van der Waals surface area contributed by atoms with Crippen LogP contribution < -0.4 is 19.9 Å². The standard InChI is InChI=1S/C25H15F5N6O4/c26-24(27,28)14-6-12(9-31)5-13(7-14)20-21-22(33-11-32-21)23(38)35(34-20)10-19(37)36(15-1-2-15)16-3-4-17-18(8-16)40-25(29,30)39-17/h3-8,11,15H,1-2,10H2,(H,32,33). The number of hydrogen-bond donors (Lipinski definition) is 1. The summed E-state index contributed by atoms with van der Waals surface area (Å²) in [5.41, 5.74) is -2.38. The van der Waals surface area contributed by atoms with E-state index in [2.05, 4.69) is 24.5 Å². The number of carbonyl (C=O) groups excluding carboxylic acids is 1. The van der Waals surface area contributed by atoms with Gasteiger partial charge < -0.3 is 19.4 Å². The molecule has 6 rings (SSSR count). The Morgan fingerprint density at radius 3 is 2.62 bits per heavy atom. The number of H-pyrrole nitrogens is 1. The number of rotatable bonds is 5. The molecule has 204 valence electrons. The second kappa shape index (κ2) is 8.76. The van der Waals surface area contributed by atoms with Crippen molar-refractivity contribution in [3.05, 3.63) is 64.2 Å². The molecule has 1 fully saturated rings. The van der Waals surface area contributed by atoms with Gasteiger partial charge >= 0.3 is 12.5 Å². The third-order valence-electron chi connectivity index (χ3n) is 6.33. The molecule has 1 amide bonds. The molecule has 2 aromatic heterocycles. The van der Waals surface area contributed by atoms with Crippen molar-refractivity contribution in [2.24, 2.45) is 0 Å². The third kappa shape index (κ3) is 4.46. The number of nitrogens with one attached hydrogen (secondary N) is 1. The number of nitrogens with zero attached hydrogens (tertiary/aromatic N) is 5. The predicted molar refractivity (Wildman–Crippen MR) is 126 cm³/mol. The number of aromatic nitrogens is 4. The lowest BCUT2D eigenvalue weighted by atomic mass is 10.0. The number of benzene rings is 2. The van der Waals surface area contributed by atoms with E-state index in [4.69, 9.17) is 0 Å². The number of imidazole rings is 1. The van der Waals surface area contributed by atoms with E-state index in [9.17, 15) is 36.8 Å². The zero-order valence-electron chi connectivity index (χ0n) is 20.0. The van der Waals surface area contributed by atoms with Crippen LogP contribution in [-0.4, -0.2) is 38.0 Å². The van der Waals surface area contributed by atoms with Crippen LogP contribution in [0.4, 0.5) is 27.6 Å². The zero-order valence-corrected chi connectivity index (χ0v) is 20.0. The van der Waals surface area contributed by atoms with Crippen LogP contribution in [0, 0.1) is 11.3 Å². The van der Waals surface area contributed by atoms with E-state index in [1.807, 2.05) is 0 Å². The largest absolute Gasteiger partial charge is 0.586 e. The summed E-state index contributed by atoms with van der Waals surface area (Å²) < 4.78 is 77.2. The molecule has 0 radical (unpaired) electrons. The Morgan fingerprint density at radius 2 is 1.93 bits per heavy atom. The molecule has 1 aliphatic carbocycles. The number of halogens is 5. The Bertz CT molecular complexity index is 1790. The Hall–Kier alpha value is -5.00. The van der Waals surface area contributed by atoms with Crippen LogP contribution in [0.15, 0.2) is 47.5 Å². The maximum atomic E-state index is 13.5. The first-order valence-electron chi connectivity index (χ1n) is 11.7. The number of carbonyl (C=O) groups is 1. The zero-order chi connectivity index (χ0) is 28.4. The van der Waals surface area contributed by atoms with Crippen LogP contribution in [0.5, 0.6) is 11.5 Å². The molecule has 40 heavy (non-hydrogen) atoms. The molecule has 1 saturated carbocycles. The Balaban J connectivity index is 1.40. The van der Waals surface area contributed by atoms with Gasteiger partial charge in [0.05, 0.1) is 29.0 Å². The Kier molecular flexibility index (Phi) is 5.54. The second-order valence-corrected chi connectivity index (χ2v) is 9.14. The first kappa shape index (κ1) is 25.3. The maximum absolute atomic E-state index is 13.5. The third-order valence-corrected chi connectivity index (χ3v) is 6.33. The summed E-state index contributed by atoms with van der Waals surface area (Å²) in [6.07, 6.45) is -6.23. The minimum Gasteiger partial charge on any atom is -0.395 e. The number of amides is 1. The highest BCUT2D eigenvalue weighted by atomic mass is 19.4. The highest BCUT2D eigenvalue weighted by molar-refractivity contribution is 5.95. The molecule has 0 unspecified atom stereocenters. The molecular formula is C25H15F5N6O4. The lowest BCUT2D eigenvalue weighted by Gasteiger charge is -2.23. The number of ether oxygens (including phenoxy) is 2. The quantitative estimate of drug-likeness (QED) is 0.364. The summed E-state index contributed by atoms with van der Waals surface area (Å²) in [5, 5.41) is 13.5. The van der Waals surface area contributed by atoms with E-state index in [0.717, 1.165) is 17.1 Å². The summed E-state index contributed by atoms with van der Waals surface area (Å²) >= 11 is 0. The van der Waals surface area contributed by atoms with Gasteiger partial charge in [0.25, 0.3) is 5.56 Å². The maximum Gasteiger partial charge on any atom is 0.586 e. The molecule has 0 bridgehead atoms. The normalized spacial score (nSPS) is 15.7. The van der Waals surface area contributed by atoms with E-state index in [1.54, 1.807) is 6.07 Å². The van der Waals surface area contributed by atoms with Crippen LogP contribution in [-0.2, 0) is 17.5 Å². The Morgan fingerprint density at radius 1 is 1.18 bits per heavy atom. The van der Waals surface area contributed by atoms with Crippen LogP contribution >= 0.6 is 0 Å². The van der Waals surface area contributed by atoms with Gasteiger partial charge in [-0.05, 0) is 43.2 Å². The van der Waals surface area contributed by atoms with Crippen molar-refractivity contribution in [3.8, 4) is 28.8 Å². The van der Waals surface area contributed by atoms with E-state index in [0.29, 0.717) is 18.9 Å². The van der Waals surface area contributed by atoms with E-state index < -0.39 is 36.0 Å². The number of hydrogen-bond acceptors (Lipinski definition) is 7. The molecule has 0 atom stereocenters. The average Bonchev–Trinajstić information content (AvgIpc) is 3.49. The van der Waals surface area contributed by atoms with Crippen LogP contribution in [0.25, 0.3) is 22.3 Å². The van der Waals surface area contributed by atoms with E-state index in [1.165, 1.54) is 29.2 Å². The number of nitriles is 1. The van der Waals surface area contributed by atoms with Gasteiger partial charge in [0.15, 0.2) is 17.0 Å². The SMILES string of the molecule is N#Cc1cc(-c2nn(CC(=O)N(c3ccc4c(c3)OC(F)(F)O4)C3CC3)c(=O)c3nc[nH]c23)cc(C(F)(F)F)c1. The fourth-order valence-electron chi connectivity index (χ4n) is 4.46. The van der Waals surface area contributed by atoms with Crippen molar-refractivity contribution in [2.75, 3.05) is 4.90 Å². The molecule has 15 heteroatoms. The van der Waals surface area contributed by atoms with Gasteiger partial charge in [0, 0.05) is 23.4 Å². The van der Waals surface area contributed by atoms with Crippen molar-refractivity contribution < 1.29 is 36.2 Å². The minimum atomic E-state index is -4.77. The van der Waals surface area contributed by atoms with Gasteiger partial charge in [-0.3, -0.25) is 9.59 Å². The van der Waals surface area contributed by atoms with Crippen molar-refractivity contribution in [3.63, 3.8) is 0 Å². The molecular weight excluding hydrogens is 543 g/mol. The fraction of sp³-hybridized carbons (Fsp3) is 0.240. The van der Waals surface area contributed by atoms with Gasteiger partial charge in [0.1, 0.15) is 12.2 Å². The van der Waals surface area contributed by atoms with Crippen LogP contribution in [0.1, 0.15) is 24.0 Å². The van der Waals surface area contributed by atoms with Crippen LogP contribution in [0.3, 0.4) is 0 Å². The number of aromatic amines is 1. The molecule has 0 spiro atoms. The minimum absolute atomic E-state index is 0.0210. The Labute approximate surface area is 220 Å². The molecule has 1 N–H and O–H groups in total. The predicted octanol–water partition coefficient (Wildman–Crippen LogP) is 4.19. The smallest absolute Gasteiger partial charge is 0.395 e. The molecule has 4 aromatic rings. The average molecular weight is 558 g/mol. The van der Waals surface area contributed by atoms with Gasteiger partial charge in [-0.25, -0.2) is 9.67 Å². The van der Waals surface area contributed by atoms with Crippen molar-refractivity contribution in [2.45, 2.75) is 37.9 Å². The lowest BCUT2D eigenvalue weighted by Crippen LogP contribution is -2.39. The summed E-state index contributed by atoms with van der Waals surface area (Å²) in [7, 11) is 0. The van der Waals surface area contributed by atoms with Crippen molar-refractivity contribution in [1.82, 2.24) is 19.7 Å². The topological polar surface area (TPSA) is 126 Å². The lowest BCUT2D eigenvalue weighted by molar-refractivity contribution is -0.286. The number of alkyl halides is 5. The van der Waals surface area contributed by atoms with Gasteiger partial charge in [0.2, 0.25) is 5.91 Å². The molecule has 0 saturated heterocycles. The van der Waals surface area contributed by atoms with Crippen LogP contribution in [0.2, 0.25) is 0 Å². The summed E-state index contributed by atoms with van der Waals surface area (Å²) in [6, 6.07) is 7.87. The number of anilines is 1. The second-order valence-electron chi connectivity index (χ2n) is 9.14. The molecule has 2 aliphatic rings. The van der Waals surface area contributed by atoms with Gasteiger partial charge in [-0.15, -0.1) is 8.78 Å². The van der Waals surface area contributed by atoms with Gasteiger partial charge in [-0.1, -0.05) is 0 Å². The van der Waals surface area contributed by atoms with Crippen molar-refractivity contribution in [1.29, 1.82) is 5.26 Å². The van der Waals surface area contributed by atoms with Gasteiger partial charge in [-0.2, -0.15) is 23.5 Å². The summed E-state index contributed by atoms with van der Waals surface area (Å²) in [4.78, 5) is 34.5. The first-order chi connectivity index (χ1) is 18.9. The number of fused-ring (bicyclic) bond motifs is 2. The monoisotopic (exact) mass is 558 g/mol. The fourth-order valence-corrected chi connectivity index (χ4v) is 4.46.